The van der Waals surface area contributed by atoms with E-state index in [1.807, 2.05) is 71.3 Å². The van der Waals surface area contributed by atoms with Crippen molar-refractivity contribution in [3.63, 3.8) is 0 Å². The van der Waals surface area contributed by atoms with Crippen LogP contribution in [0.5, 0.6) is 5.75 Å². The molecule has 1 N–H and O–H groups in total. The van der Waals surface area contributed by atoms with Gasteiger partial charge < -0.3 is 19.9 Å². The van der Waals surface area contributed by atoms with Crippen molar-refractivity contribution in [3.8, 4) is 17.0 Å². The fraction of sp³-hybridized carbons (Fsp3) is 0. The predicted octanol–water partition coefficient (Wildman–Crippen LogP) is 3.73. The second-order valence-corrected chi connectivity index (χ2v) is 5.19. The second kappa shape index (κ2) is 7.01. The zero-order valence-electron chi connectivity index (χ0n) is 12.6. The van der Waals surface area contributed by atoms with Crippen molar-refractivity contribution in [3.05, 3.63) is 85.9 Å². The first-order valence-electron chi connectivity index (χ1n) is 7.30. The van der Waals surface area contributed by atoms with Crippen LogP contribution in [-0.4, -0.2) is 5.11 Å². The molecule has 0 radical (unpaired) electrons. The average Bonchev–Trinajstić information content (AvgIpc) is 3.27. The molecule has 0 aliphatic carbocycles. The number of hydrogen-bond acceptors (Lipinski definition) is 3. The maximum absolute atomic E-state index is 9.97. The van der Waals surface area contributed by atoms with Gasteiger partial charge in [-0.25, -0.2) is 5.69 Å². The first-order valence-corrected chi connectivity index (χ1v) is 7.30. The third kappa shape index (κ3) is 3.12. The number of nitrogens with zero attached hydrogens (tertiary/aromatic N) is 3. The van der Waals surface area contributed by atoms with Crippen LogP contribution in [-0.2, 0) is 22.4 Å². The summed E-state index contributed by atoms with van der Waals surface area (Å²) >= 11 is 0. The van der Waals surface area contributed by atoms with E-state index >= 15 is 0 Å². The van der Waals surface area contributed by atoms with E-state index in [1.54, 1.807) is 18.3 Å². The molecule has 0 saturated heterocycles. The molecule has 0 atom stereocenters. The molecule has 0 bridgehead atoms. The van der Waals surface area contributed by atoms with Crippen molar-refractivity contribution in [2.75, 3.05) is 9.80 Å². The van der Waals surface area contributed by atoms with Gasteiger partial charge in [0.05, 0.1) is 5.69 Å². The van der Waals surface area contributed by atoms with Crippen LogP contribution < -0.4 is 14.8 Å². The summed E-state index contributed by atoms with van der Waals surface area (Å²) in [6, 6.07) is 20.5. The number of aromatic nitrogens is 1. The van der Waals surface area contributed by atoms with E-state index in [0.29, 0.717) is 0 Å². The zero-order chi connectivity index (χ0) is 15.6. The molecule has 0 fully saturated rings. The number of benzene rings is 2. The van der Waals surface area contributed by atoms with Crippen LogP contribution in [0.2, 0.25) is 0 Å². The van der Waals surface area contributed by atoms with Crippen LogP contribution in [0, 0.1) is 12.7 Å². The molecule has 4 nitrogen and oxygen atoms in total. The van der Waals surface area contributed by atoms with Gasteiger partial charge in [0.2, 0.25) is 0 Å². The maximum Gasteiger partial charge on any atom is 3.00 e. The Bertz CT molecular complexity index is 845. The fourth-order valence-electron chi connectivity index (χ4n) is 2.54. The van der Waals surface area contributed by atoms with Crippen molar-refractivity contribution in [2.45, 2.75) is 0 Å². The number of hydrogen-bond donors (Lipinski definition) is 1. The Balaban J connectivity index is 0.00000169. The summed E-state index contributed by atoms with van der Waals surface area (Å²) in [6.45, 7) is 1.91. The summed E-state index contributed by atoms with van der Waals surface area (Å²) < 4.78 is 0. The molecule has 5 heteroatoms. The van der Waals surface area contributed by atoms with Gasteiger partial charge in [0.15, 0.2) is 0 Å². The topological polar surface area (TPSA) is 40.8 Å². The molecule has 0 amide bonds. The Morgan fingerprint density at radius 3 is 2.54 bits per heavy atom. The van der Waals surface area contributed by atoms with Crippen molar-refractivity contribution < 1.29 is 27.5 Å². The van der Waals surface area contributed by atoms with Crippen molar-refractivity contribution in [1.82, 2.24) is 4.98 Å². The minimum atomic E-state index is 0. The van der Waals surface area contributed by atoms with E-state index in [4.69, 9.17) is 0 Å². The van der Waals surface area contributed by atoms with Gasteiger partial charge in [0.25, 0.3) is 0 Å². The number of phenolic OH excluding ortho intramolecular Hbond substituents is 1. The molecule has 1 aliphatic heterocycles. The Kier molecular flexibility index (Phi) is 4.81. The van der Waals surface area contributed by atoms with Crippen LogP contribution in [0.15, 0.2) is 73.2 Å². The first kappa shape index (κ1) is 16.5. The quantitative estimate of drug-likeness (QED) is 0.443. The molecule has 122 valence electrons. The van der Waals surface area contributed by atoms with Crippen LogP contribution in [0.3, 0.4) is 0 Å². The van der Waals surface area contributed by atoms with Crippen LogP contribution >= 0.6 is 0 Å². The van der Waals surface area contributed by atoms with E-state index in [0.717, 1.165) is 22.6 Å². The van der Waals surface area contributed by atoms with E-state index in [9.17, 15) is 5.11 Å². The molecule has 4 rings (SSSR count). The average molecular weight is 497 g/mol. The smallest absolute Gasteiger partial charge is 0.708 e. The number of phenols is 1. The van der Waals surface area contributed by atoms with Gasteiger partial charge in [-0.15, -0.1) is 37.0 Å². The molecule has 0 spiro atoms. The summed E-state index contributed by atoms with van der Waals surface area (Å²) in [5.41, 5.74) is 3.52. The summed E-state index contributed by atoms with van der Waals surface area (Å²) in [6.07, 6.45) is 5.61. The largest absolute Gasteiger partial charge is 3.00 e. The number of anilines is 2. The van der Waals surface area contributed by atoms with Gasteiger partial charge in [0, 0.05) is 0 Å². The molecular formula is C19H14AuN3O. The van der Waals surface area contributed by atoms with Gasteiger partial charge in [-0.3, -0.25) is 0 Å². The van der Waals surface area contributed by atoms with E-state index in [1.165, 1.54) is 0 Å². The van der Waals surface area contributed by atoms with Crippen LogP contribution in [0.4, 0.5) is 11.4 Å². The number of rotatable bonds is 3. The number of para-hydroxylation sites is 2. The molecule has 24 heavy (non-hydrogen) atoms. The molecule has 0 saturated carbocycles. The van der Waals surface area contributed by atoms with Gasteiger partial charge in [-0.05, 0) is 24.5 Å². The monoisotopic (exact) mass is 497 g/mol. The Labute approximate surface area is 156 Å². The van der Waals surface area contributed by atoms with Gasteiger partial charge >= 0.3 is 22.4 Å². The molecule has 2 aromatic carbocycles. The predicted molar refractivity (Wildman–Crippen MR) is 90.5 cm³/mol. The molecular weight excluding hydrogens is 483 g/mol. The van der Waals surface area contributed by atoms with E-state index in [-0.39, 0.29) is 28.1 Å². The first-order chi connectivity index (χ1) is 11.3. The Hall–Kier alpha value is -2.40. The molecule has 2 heterocycles. The minimum absolute atomic E-state index is 0. The summed E-state index contributed by atoms with van der Waals surface area (Å²) in [4.78, 5) is 8.14. The fourth-order valence-corrected chi connectivity index (χ4v) is 2.54. The summed E-state index contributed by atoms with van der Waals surface area (Å²) in [5, 5.41) is 9.97. The Morgan fingerprint density at radius 2 is 1.75 bits per heavy atom. The van der Waals surface area contributed by atoms with Gasteiger partial charge in [-0.2, -0.15) is 11.8 Å². The summed E-state index contributed by atoms with van der Waals surface area (Å²) in [7, 11) is 0. The summed E-state index contributed by atoms with van der Waals surface area (Å²) in [5.74, 6) is 0.244. The zero-order valence-corrected chi connectivity index (χ0v) is 14.8. The van der Waals surface area contributed by atoms with Crippen molar-refractivity contribution in [1.29, 1.82) is 0 Å². The standard InChI is InChI=1S/C19H14N3O.Au/c23-19-9-2-1-8-18(19)22-12-11-21(14-22)16-6-3-5-15(13-16)17-7-4-10-20-17;/h1-12,14,23H;/q-3;+3. The maximum atomic E-state index is 9.97. The van der Waals surface area contributed by atoms with Crippen LogP contribution in [0.1, 0.15) is 0 Å². The normalized spacial score (nSPS) is 13.2. The SMILES string of the molecule is Oc1ccccc1N1C=CN(c2[c-]c(-c3ccc[n-]3)ccc2)[CH-]1.[Au+3]. The Morgan fingerprint density at radius 1 is 0.917 bits per heavy atom. The third-order valence-electron chi connectivity index (χ3n) is 3.68. The van der Waals surface area contributed by atoms with Gasteiger partial charge in [0.1, 0.15) is 5.75 Å². The van der Waals surface area contributed by atoms with Crippen molar-refractivity contribution >= 4 is 11.4 Å². The molecule has 1 aromatic heterocycles. The number of aromatic hydroxyl groups is 1. The molecule has 1 aliphatic rings. The molecule has 0 unspecified atom stereocenters. The van der Waals surface area contributed by atoms with E-state index in [2.05, 4.69) is 11.1 Å². The minimum Gasteiger partial charge on any atom is -0.708 e. The van der Waals surface area contributed by atoms with Crippen molar-refractivity contribution in [2.24, 2.45) is 0 Å². The van der Waals surface area contributed by atoms with E-state index < -0.39 is 0 Å². The second-order valence-electron chi connectivity index (χ2n) is 5.19. The van der Waals surface area contributed by atoms with Gasteiger partial charge in [-0.1, -0.05) is 23.9 Å². The third-order valence-corrected chi connectivity index (χ3v) is 3.68. The molecule has 3 aromatic rings. The van der Waals surface area contributed by atoms with Crippen LogP contribution in [0.25, 0.3) is 11.3 Å².